The minimum absolute atomic E-state index is 0.109. The largest absolute Gasteiger partial charge is 0.313 e. The maximum Gasteiger partial charge on any atom is 0.136 e. The Morgan fingerprint density at radius 1 is 1.17 bits per heavy atom. The summed E-state index contributed by atoms with van der Waals surface area (Å²) in [6.07, 6.45) is 2.35. The maximum absolute atomic E-state index is 13.5. The van der Waals surface area contributed by atoms with Gasteiger partial charge in [0.25, 0.3) is 0 Å². The monoisotopic (exact) mass is 269 g/mol. The molecule has 0 heterocycles. The first-order valence-electron chi connectivity index (χ1n) is 6.83. The second-order valence-corrected chi connectivity index (χ2v) is 5.54. The normalized spacial score (nSPS) is 12.9. The van der Waals surface area contributed by atoms with Gasteiger partial charge in [0.15, 0.2) is 0 Å². The highest BCUT2D eigenvalue weighted by atomic mass is 32.2. The quantitative estimate of drug-likeness (QED) is 0.705. The van der Waals surface area contributed by atoms with Crippen molar-refractivity contribution in [3.63, 3.8) is 0 Å². The molecule has 0 fully saturated rings. The molecular weight excluding hydrogens is 245 g/mol. The number of thioether (sulfide) groups is 1. The molecule has 1 N–H and O–H groups in total. The Morgan fingerprint density at radius 3 is 2.39 bits per heavy atom. The van der Waals surface area contributed by atoms with Crippen molar-refractivity contribution in [1.29, 1.82) is 0 Å². The first kappa shape index (κ1) is 15.5. The van der Waals surface area contributed by atoms with E-state index in [0.717, 1.165) is 17.2 Å². The summed E-state index contributed by atoms with van der Waals surface area (Å²) in [7, 11) is 0. The topological polar surface area (TPSA) is 12.0 Å². The van der Waals surface area contributed by atoms with Crippen LogP contribution in [0.15, 0.2) is 29.2 Å². The molecule has 0 saturated carbocycles. The van der Waals surface area contributed by atoms with Crippen LogP contribution in [0.4, 0.5) is 4.39 Å². The second-order valence-electron chi connectivity index (χ2n) is 4.48. The summed E-state index contributed by atoms with van der Waals surface area (Å²) in [5.41, 5.74) is 0. The Bertz CT molecular complexity index is 339. The van der Waals surface area contributed by atoms with Crippen LogP contribution in [0, 0.1) is 11.7 Å². The Balaban J connectivity index is 2.59. The van der Waals surface area contributed by atoms with Gasteiger partial charge in [-0.2, -0.15) is 0 Å². The van der Waals surface area contributed by atoms with E-state index in [2.05, 4.69) is 26.1 Å². The third-order valence-corrected chi connectivity index (χ3v) is 4.51. The summed E-state index contributed by atoms with van der Waals surface area (Å²) in [5.74, 6) is 1.49. The number of nitrogens with one attached hydrogen (secondary N) is 1. The van der Waals surface area contributed by atoms with E-state index in [1.165, 1.54) is 18.9 Å². The van der Waals surface area contributed by atoms with Gasteiger partial charge in [-0.15, -0.1) is 11.8 Å². The van der Waals surface area contributed by atoms with E-state index < -0.39 is 0 Å². The molecule has 1 nitrogen and oxygen atoms in total. The van der Waals surface area contributed by atoms with Gasteiger partial charge in [-0.25, -0.2) is 4.39 Å². The average molecular weight is 269 g/mol. The third-order valence-electron chi connectivity index (χ3n) is 3.34. The standard InChI is InChI=1S/C15H24FNS/c1-4-12(5-2)14(17-6-3)11-18-15-10-8-7-9-13(15)16/h7-10,12,14,17H,4-6,11H2,1-3H3. The highest BCUT2D eigenvalue weighted by Crippen LogP contribution is 2.25. The van der Waals surface area contributed by atoms with E-state index in [4.69, 9.17) is 0 Å². The number of hydrogen-bond donors (Lipinski definition) is 1. The van der Waals surface area contributed by atoms with Crippen LogP contribution < -0.4 is 5.32 Å². The van der Waals surface area contributed by atoms with Crippen LogP contribution in [0.1, 0.15) is 33.6 Å². The molecular formula is C15H24FNS. The molecule has 102 valence electrons. The first-order chi connectivity index (χ1) is 8.72. The molecule has 0 bridgehead atoms. The molecule has 0 aromatic heterocycles. The lowest BCUT2D eigenvalue weighted by molar-refractivity contribution is 0.365. The lowest BCUT2D eigenvalue weighted by Gasteiger charge is -2.25. The highest BCUT2D eigenvalue weighted by molar-refractivity contribution is 7.99. The summed E-state index contributed by atoms with van der Waals surface area (Å²) in [5, 5.41) is 3.53. The van der Waals surface area contributed by atoms with Gasteiger partial charge in [0, 0.05) is 16.7 Å². The van der Waals surface area contributed by atoms with Gasteiger partial charge in [0.1, 0.15) is 5.82 Å². The molecule has 0 aliphatic carbocycles. The zero-order valence-corrected chi connectivity index (χ0v) is 12.4. The van der Waals surface area contributed by atoms with Gasteiger partial charge in [-0.3, -0.25) is 0 Å². The Morgan fingerprint density at radius 2 is 1.83 bits per heavy atom. The molecule has 0 aliphatic rings. The van der Waals surface area contributed by atoms with Crippen LogP contribution in [0.25, 0.3) is 0 Å². The zero-order valence-electron chi connectivity index (χ0n) is 11.6. The van der Waals surface area contributed by atoms with Crippen molar-refractivity contribution < 1.29 is 4.39 Å². The summed E-state index contributed by atoms with van der Waals surface area (Å²) in [6, 6.07) is 7.49. The van der Waals surface area contributed by atoms with Crippen molar-refractivity contribution in [2.75, 3.05) is 12.3 Å². The van der Waals surface area contributed by atoms with Gasteiger partial charge in [0.05, 0.1) is 0 Å². The fourth-order valence-electron chi connectivity index (χ4n) is 2.22. The van der Waals surface area contributed by atoms with Crippen molar-refractivity contribution in [2.45, 2.75) is 44.6 Å². The molecule has 1 unspecified atom stereocenters. The molecule has 0 aliphatic heterocycles. The van der Waals surface area contributed by atoms with E-state index >= 15 is 0 Å². The fraction of sp³-hybridized carbons (Fsp3) is 0.600. The number of rotatable bonds is 8. The minimum atomic E-state index is -0.109. The smallest absolute Gasteiger partial charge is 0.136 e. The Kier molecular flexibility index (Phi) is 7.36. The van der Waals surface area contributed by atoms with Crippen LogP contribution in [0.3, 0.4) is 0 Å². The van der Waals surface area contributed by atoms with Crippen LogP contribution in [-0.2, 0) is 0 Å². The van der Waals surface area contributed by atoms with Crippen LogP contribution in [0.5, 0.6) is 0 Å². The number of benzene rings is 1. The molecule has 3 heteroatoms. The van der Waals surface area contributed by atoms with Gasteiger partial charge in [-0.05, 0) is 24.6 Å². The second kappa shape index (κ2) is 8.54. The number of halogens is 1. The Labute approximate surface area is 115 Å². The van der Waals surface area contributed by atoms with Crippen molar-refractivity contribution >= 4 is 11.8 Å². The van der Waals surface area contributed by atoms with Gasteiger partial charge >= 0.3 is 0 Å². The first-order valence-corrected chi connectivity index (χ1v) is 7.82. The van der Waals surface area contributed by atoms with Crippen LogP contribution in [0.2, 0.25) is 0 Å². The summed E-state index contributed by atoms with van der Waals surface area (Å²) >= 11 is 1.62. The van der Waals surface area contributed by atoms with Gasteiger partial charge < -0.3 is 5.32 Å². The highest BCUT2D eigenvalue weighted by Gasteiger charge is 2.18. The molecule has 1 aromatic carbocycles. The van der Waals surface area contributed by atoms with E-state index in [9.17, 15) is 4.39 Å². The average Bonchev–Trinajstić information content (AvgIpc) is 2.39. The summed E-state index contributed by atoms with van der Waals surface area (Å²) in [6.45, 7) is 7.56. The SMILES string of the molecule is CCNC(CSc1ccccc1F)C(CC)CC. The number of hydrogen-bond acceptors (Lipinski definition) is 2. The van der Waals surface area contributed by atoms with E-state index in [1.807, 2.05) is 12.1 Å². The molecule has 1 aromatic rings. The van der Waals surface area contributed by atoms with Gasteiger partial charge in [-0.1, -0.05) is 45.7 Å². The van der Waals surface area contributed by atoms with E-state index in [0.29, 0.717) is 12.0 Å². The van der Waals surface area contributed by atoms with E-state index in [-0.39, 0.29) is 5.82 Å². The molecule has 1 rings (SSSR count). The molecule has 0 saturated heterocycles. The third kappa shape index (κ3) is 4.62. The van der Waals surface area contributed by atoms with Gasteiger partial charge in [0.2, 0.25) is 0 Å². The van der Waals surface area contributed by atoms with Crippen LogP contribution in [-0.4, -0.2) is 18.3 Å². The van der Waals surface area contributed by atoms with Crippen molar-refractivity contribution in [3.8, 4) is 0 Å². The fourth-order valence-corrected chi connectivity index (χ4v) is 3.35. The van der Waals surface area contributed by atoms with E-state index in [1.54, 1.807) is 17.8 Å². The van der Waals surface area contributed by atoms with Crippen molar-refractivity contribution in [2.24, 2.45) is 5.92 Å². The summed E-state index contributed by atoms with van der Waals surface area (Å²) < 4.78 is 13.5. The lowest BCUT2D eigenvalue weighted by Crippen LogP contribution is -2.37. The lowest BCUT2D eigenvalue weighted by atomic mass is 9.95. The van der Waals surface area contributed by atoms with Crippen LogP contribution >= 0.6 is 11.8 Å². The zero-order chi connectivity index (χ0) is 13.4. The molecule has 0 amide bonds. The predicted molar refractivity (Wildman–Crippen MR) is 78.7 cm³/mol. The van der Waals surface area contributed by atoms with Crippen molar-refractivity contribution in [3.05, 3.63) is 30.1 Å². The molecule has 18 heavy (non-hydrogen) atoms. The Hall–Kier alpha value is -0.540. The minimum Gasteiger partial charge on any atom is -0.313 e. The molecule has 0 spiro atoms. The summed E-state index contributed by atoms with van der Waals surface area (Å²) in [4.78, 5) is 0.756. The van der Waals surface area contributed by atoms with Crippen molar-refractivity contribution in [1.82, 2.24) is 5.32 Å². The predicted octanol–water partition coefficient (Wildman–Crippen LogP) is 4.33. The maximum atomic E-state index is 13.5. The molecule has 1 atom stereocenters. The molecule has 0 radical (unpaired) electrons.